The summed E-state index contributed by atoms with van der Waals surface area (Å²) in [6, 6.07) is 4.13. The molecule has 0 saturated carbocycles. The van der Waals surface area contributed by atoms with Crippen molar-refractivity contribution in [1.29, 1.82) is 0 Å². The van der Waals surface area contributed by atoms with Crippen LogP contribution in [0, 0.1) is 0 Å². The number of aromatic amines is 1. The highest BCUT2D eigenvalue weighted by molar-refractivity contribution is 9.11. The van der Waals surface area contributed by atoms with Gasteiger partial charge in [0.25, 0.3) is 0 Å². The van der Waals surface area contributed by atoms with E-state index in [1.165, 1.54) is 4.88 Å². The fourth-order valence-electron chi connectivity index (χ4n) is 2.01. The molecule has 0 radical (unpaired) electrons. The van der Waals surface area contributed by atoms with Crippen LogP contribution in [-0.2, 0) is 11.2 Å². The number of aromatic nitrogens is 2. The van der Waals surface area contributed by atoms with Gasteiger partial charge in [-0.1, -0.05) is 6.92 Å². The summed E-state index contributed by atoms with van der Waals surface area (Å²) in [5.74, 6) is 0.909. The number of carbonyl (C=O) groups excluding carboxylic acids is 1. The summed E-state index contributed by atoms with van der Waals surface area (Å²) in [6.45, 7) is 2.04. The number of hydrogen-bond donors (Lipinski definition) is 2. The van der Waals surface area contributed by atoms with Crippen LogP contribution >= 0.6 is 27.3 Å². The Morgan fingerprint density at radius 3 is 3.00 bits per heavy atom. The number of rotatable bonds is 7. The standard InChI is InChI=1S/C14H18BrN3OS/c1-2-11(14-16-8-9-17-14)18-13(19)5-3-4-10-6-7-12(15)20-10/h6-9,11H,2-5H2,1H3,(H,16,17)(H,18,19). The van der Waals surface area contributed by atoms with Gasteiger partial charge in [-0.2, -0.15) is 0 Å². The lowest BCUT2D eigenvalue weighted by Crippen LogP contribution is -2.28. The number of H-pyrrole nitrogens is 1. The lowest BCUT2D eigenvalue weighted by atomic mass is 10.1. The van der Waals surface area contributed by atoms with Gasteiger partial charge in [-0.05, 0) is 47.3 Å². The number of aryl methyl sites for hydroxylation is 1. The van der Waals surface area contributed by atoms with E-state index in [9.17, 15) is 4.79 Å². The maximum Gasteiger partial charge on any atom is 0.220 e. The molecule has 1 atom stereocenters. The molecule has 20 heavy (non-hydrogen) atoms. The van der Waals surface area contributed by atoms with E-state index in [2.05, 4.69) is 37.3 Å². The minimum atomic E-state index is -0.0200. The molecule has 0 saturated heterocycles. The van der Waals surface area contributed by atoms with Crippen molar-refractivity contribution < 1.29 is 4.79 Å². The van der Waals surface area contributed by atoms with E-state index in [1.54, 1.807) is 23.7 Å². The van der Waals surface area contributed by atoms with Gasteiger partial charge < -0.3 is 10.3 Å². The molecule has 4 nitrogen and oxygen atoms in total. The molecule has 1 unspecified atom stereocenters. The van der Waals surface area contributed by atoms with Crippen molar-refractivity contribution in [3.63, 3.8) is 0 Å². The summed E-state index contributed by atoms with van der Waals surface area (Å²) >= 11 is 5.17. The normalized spacial score (nSPS) is 12.3. The topological polar surface area (TPSA) is 57.8 Å². The Morgan fingerprint density at radius 2 is 2.40 bits per heavy atom. The summed E-state index contributed by atoms with van der Waals surface area (Å²) in [6.07, 6.45) is 6.68. The molecule has 0 aromatic carbocycles. The zero-order valence-electron chi connectivity index (χ0n) is 11.4. The van der Waals surface area contributed by atoms with E-state index in [0.717, 1.165) is 28.9 Å². The van der Waals surface area contributed by atoms with Gasteiger partial charge >= 0.3 is 0 Å². The first-order chi connectivity index (χ1) is 9.69. The van der Waals surface area contributed by atoms with Crippen LogP contribution in [0.1, 0.15) is 42.9 Å². The van der Waals surface area contributed by atoms with E-state index in [0.29, 0.717) is 6.42 Å². The molecule has 2 aromatic heterocycles. The molecule has 6 heteroatoms. The molecule has 0 spiro atoms. The summed E-state index contributed by atoms with van der Waals surface area (Å²) in [5.41, 5.74) is 0. The SMILES string of the molecule is CCC(NC(=O)CCCc1ccc(Br)s1)c1ncc[nH]1. The summed E-state index contributed by atoms with van der Waals surface area (Å²) in [5, 5.41) is 3.02. The van der Waals surface area contributed by atoms with Crippen LogP contribution in [0.5, 0.6) is 0 Å². The Labute approximate surface area is 131 Å². The first-order valence-electron chi connectivity index (χ1n) is 6.72. The number of imidazole rings is 1. The van der Waals surface area contributed by atoms with E-state index >= 15 is 0 Å². The van der Waals surface area contributed by atoms with Crippen LogP contribution in [0.25, 0.3) is 0 Å². The number of carbonyl (C=O) groups is 1. The molecule has 2 rings (SSSR count). The van der Waals surface area contributed by atoms with Crippen LogP contribution in [0.2, 0.25) is 0 Å². The lowest BCUT2D eigenvalue weighted by Gasteiger charge is -2.14. The second-order valence-electron chi connectivity index (χ2n) is 4.56. The zero-order valence-corrected chi connectivity index (χ0v) is 13.8. The second kappa shape index (κ2) is 7.59. The van der Waals surface area contributed by atoms with Gasteiger partial charge in [0.2, 0.25) is 5.91 Å². The fraction of sp³-hybridized carbons (Fsp3) is 0.429. The van der Waals surface area contributed by atoms with Gasteiger partial charge in [-0.25, -0.2) is 4.98 Å². The zero-order chi connectivity index (χ0) is 14.4. The molecule has 108 valence electrons. The number of halogens is 1. The summed E-state index contributed by atoms with van der Waals surface area (Å²) in [7, 11) is 0. The maximum atomic E-state index is 11.9. The van der Waals surface area contributed by atoms with Crippen LogP contribution in [0.3, 0.4) is 0 Å². The third-order valence-corrected chi connectivity index (χ3v) is 4.73. The summed E-state index contributed by atoms with van der Waals surface area (Å²) in [4.78, 5) is 20.5. The molecule has 2 heterocycles. The van der Waals surface area contributed by atoms with Crippen LogP contribution < -0.4 is 5.32 Å². The predicted molar refractivity (Wildman–Crippen MR) is 84.7 cm³/mol. The van der Waals surface area contributed by atoms with Crippen LogP contribution in [-0.4, -0.2) is 15.9 Å². The van der Waals surface area contributed by atoms with Crippen molar-refractivity contribution in [2.45, 2.75) is 38.6 Å². The van der Waals surface area contributed by atoms with E-state index in [4.69, 9.17) is 0 Å². The number of hydrogen-bond acceptors (Lipinski definition) is 3. The molecular weight excluding hydrogens is 338 g/mol. The summed E-state index contributed by atoms with van der Waals surface area (Å²) < 4.78 is 1.14. The molecule has 2 N–H and O–H groups in total. The minimum Gasteiger partial charge on any atom is -0.347 e. The van der Waals surface area contributed by atoms with Crippen molar-refractivity contribution in [3.8, 4) is 0 Å². The van der Waals surface area contributed by atoms with Gasteiger partial charge in [-0.15, -0.1) is 11.3 Å². The second-order valence-corrected chi connectivity index (χ2v) is 7.11. The molecule has 0 bridgehead atoms. The van der Waals surface area contributed by atoms with Gasteiger partial charge in [-0.3, -0.25) is 4.79 Å². The van der Waals surface area contributed by atoms with Crippen molar-refractivity contribution in [1.82, 2.24) is 15.3 Å². The Hall–Kier alpha value is -1.14. The van der Waals surface area contributed by atoms with Gasteiger partial charge in [0, 0.05) is 23.7 Å². The largest absolute Gasteiger partial charge is 0.347 e. The van der Waals surface area contributed by atoms with E-state index < -0.39 is 0 Å². The van der Waals surface area contributed by atoms with Crippen molar-refractivity contribution in [2.24, 2.45) is 0 Å². The predicted octanol–water partition coefficient (Wildman–Crippen LogP) is 3.82. The van der Waals surface area contributed by atoms with Gasteiger partial charge in [0.15, 0.2) is 0 Å². The number of nitrogens with zero attached hydrogens (tertiary/aromatic N) is 1. The Bertz CT molecular complexity index is 538. The maximum absolute atomic E-state index is 11.9. The smallest absolute Gasteiger partial charge is 0.220 e. The first-order valence-corrected chi connectivity index (χ1v) is 8.33. The van der Waals surface area contributed by atoms with E-state index in [1.807, 2.05) is 13.0 Å². The number of thiophene rings is 1. The van der Waals surface area contributed by atoms with Crippen molar-refractivity contribution in [3.05, 3.63) is 39.0 Å². The lowest BCUT2D eigenvalue weighted by molar-refractivity contribution is -0.122. The molecule has 0 aliphatic heterocycles. The van der Waals surface area contributed by atoms with Crippen molar-refractivity contribution in [2.75, 3.05) is 0 Å². The van der Waals surface area contributed by atoms with Gasteiger partial charge in [0.1, 0.15) is 5.82 Å². The molecule has 0 aliphatic rings. The van der Waals surface area contributed by atoms with Crippen molar-refractivity contribution >= 4 is 33.2 Å². The minimum absolute atomic E-state index is 0.0200. The fourth-order valence-corrected chi connectivity index (χ4v) is 3.53. The number of nitrogens with one attached hydrogen (secondary N) is 2. The molecular formula is C14H18BrN3OS. The number of amides is 1. The van der Waals surface area contributed by atoms with Crippen LogP contribution in [0.15, 0.2) is 28.3 Å². The van der Waals surface area contributed by atoms with E-state index in [-0.39, 0.29) is 11.9 Å². The Kier molecular flexibility index (Phi) is 5.79. The average molecular weight is 356 g/mol. The quantitative estimate of drug-likeness (QED) is 0.792. The third kappa shape index (κ3) is 4.45. The first kappa shape index (κ1) is 15.3. The molecule has 2 aromatic rings. The molecule has 0 aliphatic carbocycles. The Balaban J connectivity index is 1.74. The average Bonchev–Trinajstić information content (AvgIpc) is 3.08. The highest BCUT2D eigenvalue weighted by Crippen LogP contribution is 2.23. The monoisotopic (exact) mass is 355 g/mol. The molecule has 0 fully saturated rings. The third-order valence-electron chi connectivity index (χ3n) is 3.05. The highest BCUT2D eigenvalue weighted by atomic mass is 79.9. The Morgan fingerprint density at radius 1 is 1.55 bits per heavy atom. The van der Waals surface area contributed by atoms with Gasteiger partial charge in [0.05, 0.1) is 9.83 Å². The van der Waals surface area contributed by atoms with Crippen LogP contribution in [0.4, 0.5) is 0 Å². The molecule has 1 amide bonds. The highest BCUT2D eigenvalue weighted by Gasteiger charge is 2.14.